The SMILES string of the molecule is CCc1cc(Nc2cc(CC(=O)c3c(Cl)cccc3Cl)ccn2)nc(NCC2CC2)n1. The van der Waals surface area contributed by atoms with Crippen LogP contribution in [-0.4, -0.2) is 27.3 Å². The summed E-state index contributed by atoms with van der Waals surface area (Å²) >= 11 is 12.3. The van der Waals surface area contributed by atoms with Gasteiger partial charge in [0.15, 0.2) is 5.78 Å². The van der Waals surface area contributed by atoms with E-state index in [0.717, 1.165) is 30.1 Å². The number of aromatic nitrogens is 3. The fourth-order valence-electron chi connectivity index (χ4n) is 3.20. The van der Waals surface area contributed by atoms with E-state index in [1.165, 1.54) is 12.8 Å². The Morgan fingerprint density at radius 3 is 2.58 bits per heavy atom. The molecule has 6 nitrogen and oxygen atoms in total. The number of ketones is 1. The van der Waals surface area contributed by atoms with E-state index < -0.39 is 0 Å². The van der Waals surface area contributed by atoms with Crippen molar-refractivity contribution in [2.24, 2.45) is 5.92 Å². The number of rotatable bonds is 9. The molecule has 0 amide bonds. The van der Waals surface area contributed by atoms with Crippen LogP contribution >= 0.6 is 23.2 Å². The van der Waals surface area contributed by atoms with E-state index in [1.807, 2.05) is 12.1 Å². The Balaban J connectivity index is 1.49. The normalized spacial score (nSPS) is 13.1. The highest BCUT2D eigenvalue weighted by Crippen LogP contribution is 2.29. The van der Waals surface area contributed by atoms with Gasteiger partial charge in [0.2, 0.25) is 5.95 Å². The Hall–Kier alpha value is -2.70. The number of hydrogen-bond acceptors (Lipinski definition) is 6. The summed E-state index contributed by atoms with van der Waals surface area (Å²) in [5.74, 6) is 2.47. The molecule has 2 aromatic heterocycles. The van der Waals surface area contributed by atoms with Gasteiger partial charge in [-0.25, -0.2) is 9.97 Å². The lowest BCUT2D eigenvalue weighted by molar-refractivity contribution is 0.0993. The van der Waals surface area contributed by atoms with E-state index in [-0.39, 0.29) is 12.2 Å². The fourth-order valence-corrected chi connectivity index (χ4v) is 3.81. The van der Waals surface area contributed by atoms with Crippen LogP contribution in [0.25, 0.3) is 0 Å². The van der Waals surface area contributed by atoms with Gasteiger partial charge in [-0.05, 0) is 55.0 Å². The smallest absolute Gasteiger partial charge is 0.224 e. The van der Waals surface area contributed by atoms with Crippen LogP contribution in [0.15, 0.2) is 42.6 Å². The van der Waals surface area contributed by atoms with Crippen LogP contribution in [0.2, 0.25) is 10.0 Å². The van der Waals surface area contributed by atoms with Gasteiger partial charge in [-0.1, -0.05) is 36.2 Å². The minimum atomic E-state index is -0.144. The zero-order chi connectivity index (χ0) is 21.8. The van der Waals surface area contributed by atoms with Crippen LogP contribution in [-0.2, 0) is 12.8 Å². The minimum absolute atomic E-state index is 0.144. The first-order chi connectivity index (χ1) is 15.0. The topological polar surface area (TPSA) is 79.8 Å². The zero-order valence-electron chi connectivity index (χ0n) is 17.2. The van der Waals surface area contributed by atoms with Crippen LogP contribution in [0.1, 0.15) is 41.4 Å². The molecule has 2 N–H and O–H groups in total. The molecule has 0 unspecified atom stereocenters. The Morgan fingerprint density at radius 2 is 1.87 bits per heavy atom. The summed E-state index contributed by atoms with van der Waals surface area (Å²) < 4.78 is 0. The predicted molar refractivity (Wildman–Crippen MR) is 125 cm³/mol. The quantitative estimate of drug-likeness (QED) is 0.400. The number of Topliss-reactive ketones (excluding diaryl/α,β-unsaturated/α-hetero) is 1. The number of nitrogens with one attached hydrogen (secondary N) is 2. The molecule has 1 fully saturated rings. The number of hydrogen-bond donors (Lipinski definition) is 2. The lowest BCUT2D eigenvalue weighted by atomic mass is 10.0. The predicted octanol–water partition coefficient (Wildman–Crippen LogP) is 5.73. The lowest BCUT2D eigenvalue weighted by Crippen LogP contribution is -2.10. The molecule has 1 aliphatic carbocycles. The van der Waals surface area contributed by atoms with Crippen LogP contribution in [0.5, 0.6) is 0 Å². The standard InChI is InChI=1S/C23H23Cl2N5O/c1-2-16-12-21(30-23(28-16)27-13-14-6-7-14)29-20-11-15(8-9-26-20)10-19(31)22-17(24)4-3-5-18(22)25/h3-5,8-9,11-12,14H,2,6-7,10,13H2,1H3,(H2,26,27,28,29,30). The number of anilines is 3. The van der Waals surface area contributed by atoms with Crippen molar-refractivity contribution < 1.29 is 4.79 Å². The molecular formula is C23H23Cl2N5O. The molecule has 0 bridgehead atoms. The Kier molecular flexibility index (Phi) is 6.68. The maximum absolute atomic E-state index is 12.7. The van der Waals surface area contributed by atoms with Gasteiger partial charge in [0.25, 0.3) is 0 Å². The molecule has 0 atom stereocenters. The first-order valence-corrected chi connectivity index (χ1v) is 11.1. The van der Waals surface area contributed by atoms with Crippen molar-refractivity contribution in [3.63, 3.8) is 0 Å². The highest BCUT2D eigenvalue weighted by Gasteiger charge is 2.21. The van der Waals surface area contributed by atoms with Gasteiger partial charge in [-0.15, -0.1) is 0 Å². The van der Waals surface area contributed by atoms with Crippen molar-refractivity contribution >= 4 is 46.6 Å². The highest BCUT2D eigenvalue weighted by molar-refractivity contribution is 6.39. The number of halogens is 2. The number of carbonyl (C=O) groups is 1. The summed E-state index contributed by atoms with van der Waals surface area (Å²) in [4.78, 5) is 26.2. The lowest BCUT2D eigenvalue weighted by Gasteiger charge is -2.11. The van der Waals surface area contributed by atoms with Crippen LogP contribution < -0.4 is 10.6 Å². The van der Waals surface area contributed by atoms with Crippen molar-refractivity contribution in [2.75, 3.05) is 17.2 Å². The van der Waals surface area contributed by atoms with Crippen LogP contribution in [0.3, 0.4) is 0 Å². The van der Waals surface area contributed by atoms with Gasteiger partial charge in [-0.2, -0.15) is 4.98 Å². The van der Waals surface area contributed by atoms with Crippen molar-refractivity contribution in [2.45, 2.75) is 32.6 Å². The summed E-state index contributed by atoms with van der Waals surface area (Å²) in [5.41, 5.74) is 2.08. The van der Waals surface area contributed by atoms with Crippen molar-refractivity contribution in [1.29, 1.82) is 0 Å². The van der Waals surface area contributed by atoms with Crippen molar-refractivity contribution in [3.8, 4) is 0 Å². The number of benzene rings is 1. The second-order valence-corrected chi connectivity index (χ2v) is 8.43. The summed E-state index contributed by atoms with van der Waals surface area (Å²) in [6.07, 6.45) is 5.16. The van der Waals surface area contributed by atoms with Gasteiger partial charge >= 0.3 is 0 Å². The summed E-state index contributed by atoms with van der Waals surface area (Å²) in [6.45, 7) is 2.95. The molecule has 0 aliphatic heterocycles. The first kappa shape index (κ1) is 21.5. The maximum atomic E-state index is 12.7. The molecule has 0 spiro atoms. The van der Waals surface area contributed by atoms with E-state index in [0.29, 0.717) is 33.2 Å². The van der Waals surface area contributed by atoms with Crippen LogP contribution in [0, 0.1) is 5.92 Å². The Labute approximate surface area is 191 Å². The molecule has 8 heteroatoms. The van der Waals surface area contributed by atoms with E-state index in [1.54, 1.807) is 30.5 Å². The number of pyridine rings is 1. The van der Waals surface area contributed by atoms with E-state index in [2.05, 4.69) is 32.5 Å². The monoisotopic (exact) mass is 455 g/mol. The van der Waals surface area contributed by atoms with Gasteiger partial charge in [0.1, 0.15) is 11.6 Å². The van der Waals surface area contributed by atoms with Gasteiger partial charge in [0, 0.05) is 30.9 Å². The highest BCUT2D eigenvalue weighted by atomic mass is 35.5. The number of nitrogens with zero attached hydrogens (tertiary/aromatic N) is 3. The third kappa shape index (κ3) is 5.71. The molecule has 31 heavy (non-hydrogen) atoms. The molecule has 0 radical (unpaired) electrons. The molecule has 1 aromatic carbocycles. The number of aryl methyl sites for hydroxylation is 1. The number of carbonyl (C=O) groups excluding carboxylic acids is 1. The molecule has 2 heterocycles. The van der Waals surface area contributed by atoms with Crippen molar-refractivity contribution in [1.82, 2.24) is 15.0 Å². The van der Waals surface area contributed by atoms with Crippen molar-refractivity contribution in [3.05, 3.63) is 69.5 Å². The third-order valence-electron chi connectivity index (χ3n) is 5.07. The molecule has 0 saturated heterocycles. The van der Waals surface area contributed by atoms with E-state index >= 15 is 0 Å². The van der Waals surface area contributed by atoms with Gasteiger partial charge < -0.3 is 10.6 Å². The Bertz CT molecular complexity index is 1080. The van der Waals surface area contributed by atoms with Gasteiger partial charge in [0.05, 0.1) is 15.6 Å². The molecule has 3 aromatic rings. The summed E-state index contributed by atoms with van der Waals surface area (Å²) in [7, 11) is 0. The average Bonchev–Trinajstić information content (AvgIpc) is 3.57. The zero-order valence-corrected chi connectivity index (χ0v) is 18.7. The van der Waals surface area contributed by atoms with Crippen LogP contribution in [0.4, 0.5) is 17.6 Å². The molecule has 1 saturated carbocycles. The summed E-state index contributed by atoms with van der Waals surface area (Å²) in [5, 5.41) is 7.26. The average molecular weight is 456 g/mol. The maximum Gasteiger partial charge on any atom is 0.224 e. The Morgan fingerprint density at radius 1 is 1.10 bits per heavy atom. The minimum Gasteiger partial charge on any atom is -0.354 e. The molecule has 1 aliphatic rings. The third-order valence-corrected chi connectivity index (χ3v) is 5.70. The van der Waals surface area contributed by atoms with E-state index in [4.69, 9.17) is 23.2 Å². The molecule has 4 rings (SSSR count). The first-order valence-electron chi connectivity index (χ1n) is 10.3. The van der Waals surface area contributed by atoms with E-state index in [9.17, 15) is 4.79 Å². The summed E-state index contributed by atoms with van der Waals surface area (Å²) in [6, 6.07) is 10.6. The van der Waals surface area contributed by atoms with Gasteiger partial charge in [-0.3, -0.25) is 4.79 Å². The fraction of sp³-hybridized carbons (Fsp3) is 0.304. The largest absolute Gasteiger partial charge is 0.354 e. The molecule has 160 valence electrons. The second kappa shape index (κ2) is 9.62. The second-order valence-electron chi connectivity index (χ2n) is 7.62. The molecular weight excluding hydrogens is 433 g/mol.